The van der Waals surface area contributed by atoms with Crippen molar-refractivity contribution in [1.82, 2.24) is 0 Å². The van der Waals surface area contributed by atoms with Gasteiger partial charge in [-0.3, -0.25) is 0 Å². The lowest BCUT2D eigenvalue weighted by Gasteiger charge is -2.16. The molecule has 1 saturated carbocycles. The maximum atomic E-state index is 5.88. The van der Waals surface area contributed by atoms with Crippen LogP contribution in [0.5, 0.6) is 11.5 Å². The maximum absolute atomic E-state index is 5.88. The van der Waals surface area contributed by atoms with E-state index in [9.17, 15) is 0 Å². The Bertz CT molecular complexity index is 481. The highest BCUT2D eigenvalue weighted by molar-refractivity contribution is 9.10. The second-order valence-corrected chi connectivity index (χ2v) is 6.22. The molecule has 92 valence electrons. The smallest absolute Gasteiger partial charge is 0.246 e. The van der Waals surface area contributed by atoms with E-state index in [4.69, 9.17) is 15.2 Å². The Hall–Kier alpha value is -0.740. The summed E-state index contributed by atoms with van der Waals surface area (Å²) in [5, 5.41) is 0. The van der Waals surface area contributed by atoms with Crippen LogP contribution in [0.2, 0.25) is 0 Å². The molecule has 1 aromatic carbocycles. The molecule has 4 heteroatoms. The first kappa shape index (κ1) is 11.4. The van der Waals surface area contributed by atoms with E-state index in [0.29, 0.717) is 6.54 Å². The molecule has 1 heterocycles. The summed E-state index contributed by atoms with van der Waals surface area (Å²) in [5.41, 5.74) is 7.28. The van der Waals surface area contributed by atoms with Crippen LogP contribution >= 0.6 is 15.9 Å². The van der Waals surface area contributed by atoms with Gasteiger partial charge in [0.1, 0.15) is 0 Å². The molecule has 3 rings (SSSR count). The van der Waals surface area contributed by atoms with Crippen LogP contribution < -0.4 is 15.2 Å². The minimum Gasteiger partial charge on any atom is -0.449 e. The number of nitrogens with two attached hydrogens (primary N) is 1. The highest BCUT2D eigenvalue weighted by atomic mass is 79.9. The Morgan fingerprint density at radius 1 is 1.24 bits per heavy atom. The van der Waals surface area contributed by atoms with Gasteiger partial charge >= 0.3 is 0 Å². The van der Waals surface area contributed by atoms with E-state index in [-0.39, 0.29) is 5.41 Å². The number of hydrogen-bond acceptors (Lipinski definition) is 3. The molecule has 0 bridgehead atoms. The standard InChI is InChI=1S/C13H16BrNO2/c1-12(2)16-10-5-8(13(7-15)3-4-13)9(14)6-11(10)17-12/h5-6H,3-4,7,15H2,1-2H3. The van der Waals surface area contributed by atoms with Crippen LogP contribution in [0, 0.1) is 0 Å². The lowest BCUT2D eigenvalue weighted by molar-refractivity contribution is -0.0431. The molecule has 0 unspecified atom stereocenters. The predicted molar refractivity (Wildman–Crippen MR) is 69.4 cm³/mol. The van der Waals surface area contributed by atoms with Gasteiger partial charge in [0.05, 0.1) is 0 Å². The van der Waals surface area contributed by atoms with Crippen molar-refractivity contribution in [2.75, 3.05) is 6.54 Å². The summed E-state index contributed by atoms with van der Waals surface area (Å²) in [6.45, 7) is 4.52. The Morgan fingerprint density at radius 3 is 2.35 bits per heavy atom. The van der Waals surface area contributed by atoms with Crippen LogP contribution in [-0.2, 0) is 5.41 Å². The first-order chi connectivity index (χ1) is 7.96. The third-order valence-electron chi connectivity index (χ3n) is 3.56. The van der Waals surface area contributed by atoms with Crippen LogP contribution in [0.3, 0.4) is 0 Å². The lowest BCUT2D eigenvalue weighted by Crippen LogP contribution is -2.29. The van der Waals surface area contributed by atoms with Crippen LogP contribution in [0.1, 0.15) is 32.3 Å². The fourth-order valence-electron chi connectivity index (χ4n) is 2.39. The molecule has 3 nitrogen and oxygen atoms in total. The van der Waals surface area contributed by atoms with Gasteiger partial charge in [0.15, 0.2) is 11.5 Å². The van der Waals surface area contributed by atoms with Crippen molar-refractivity contribution in [1.29, 1.82) is 0 Å². The van der Waals surface area contributed by atoms with E-state index in [0.717, 1.165) is 28.8 Å². The predicted octanol–water partition coefficient (Wildman–Crippen LogP) is 2.95. The molecule has 1 fully saturated rings. The number of fused-ring (bicyclic) bond motifs is 1. The van der Waals surface area contributed by atoms with Gasteiger partial charge in [-0.15, -0.1) is 0 Å². The maximum Gasteiger partial charge on any atom is 0.246 e. The normalized spacial score (nSPS) is 22.6. The third-order valence-corrected chi connectivity index (χ3v) is 4.22. The van der Waals surface area contributed by atoms with Crippen LogP contribution in [0.4, 0.5) is 0 Å². The zero-order valence-corrected chi connectivity index (χ0v) is 11.6. The third kappa shape index (κ3) is 1.74. The van der Waals surface area contributed by atoms with Gasteiger partial charge in [0, 0.05) is 30.3 Å². The average molecular weight is 298 g/mol. The van der Waals surface area contributed by atoms with E-state index in [2.05, 4.69) is 22.0 Å². The van der Waals surface area contributed by atoms with Crippen molar-refractivity contribution >= 4 is 15.9 Å². The van der Waals surface area contributed by atoms with Crippen molar-refractivity contribution in [3.63, 3.8) is 0 Å². The Labute approximate surface area is 109 Å². The minimum absolute atomic E-state index is 0.157. The minimum atomic E-state index is -0.570. The highest BCUT2D eigenvalue weighted by Gasteiger charge is 2.45. The second-order valence-electron chi connectivity index (χ2n) is 5.37. The first-order valence-electron chi connectivity index (χ1n) is 5.88. The molecule has 0 atom stereocenters. The molecule has 2 N–H and O–H groups in total. The first-order valence-corrected chi connectivity index (χ1v) is 6.67. The molecule has 1 aliphatic carbocycles. The van der Waals surface area contributed by atoms with Gasteiger partial charge in [-0.25, -0.2) is 0 Å². The van der Waals surface area contributed by atoms with Gasteiger partial charge in [-0.2, -0.15) is 0 Å². The SMILES string of the molecule is CC1(C)Oc2cc(Br)c(C3(CN)CC3)cc2O1. The molecule has 0 radical (unpaired) electrons. The molecule has 0 amide bonds. The molecule has 0 spiro atoms. The van der Waals surface area contributed by atoms with Crippen LogP contribution in [0.15, 0.2) is 16.6 Å². The van der Waals surface area contributed by atoms with Crippen molar-refractivity contribution in [2.24, 2.45) is 5.73 Å². The molecule has 0 saturated heterocycles. The van der Waals surface area contributed by atoms with Crippen molar-refractivity contribution in [3.8, 4) is 11.5 Å². The molecule has 2 aliphatic rings. The van der Waals surface area contributed by atoms with Crippen LogP contribution in [0.25, 0.3) is 0 Å². The topological polar surface area (TPSA) is 44.5 Å². The summed E-state index contributed by atoms with van der Waals surface area (Å²) in [5.74, 6) is 1.06. The zero-order valence-electron chi connectivity index (χ0n) is 10.0. The fraction of sp³-hybridized carbons (Fsp3) is 0.538. The van der Waals surface area contributed by atoms with Crippen molar-refractivity contribution < 1.29 is 9.47 Å². The molecular weight excluding hydrogens is 282 g/mol. The summed E-state index contributed by atoms with van der Waals surface area (Å²) in [7, 11) is 0. The average Bonchev–Trinajstić information content (AvgIpc) is 2.96. The van der Waals surface area contributed by atoms with E-state index >= 15 is 0 Å². The number of hydrogen-bond donors (Lipinski definition) is 1. The molecule has 1 aliphatic heterocycles. The summed E-state index contributed by atoms with van der Waals surface area (Å²) in [4.78, 5) is 0. The summed E-state index contributed by atoms with van der Waals surface area (Å²) in [6, 6.07) is 4.07. The van der Waals surface area contributed by atoms with Crippen molar-refractivity contribution in [2.45, 2.75) is 37.9 Å². The van der Waals surface area contributed by atoms with Crippen LogP contribution in [-0.4, -0.2) is 12.3 Å². The number of rotatable bonds is 2. The lowest BCUT2D eigenvalue weighted by atomic mass is 9.96. The van der Waals surface area contributed by atoms with Crippen molar-refractivity contribution in [3.05, 3.63) is 22.2 Å². The Kier molecular flexibility index (Phi) is 2.26. The number of ether oxygens (including phenoxy) is 2. The van der Waals surface area contributed by atoms with Gasteiger partial charge < -0.3 is 15.2 Å². The van der Waals surface area contributed by atoms with E-state index in [1.807, 2.05) is 19.9 Å². The fourth-order valence-corrected chi connectivity index (χ4v) is 3.13. The van der Waals surface area contributed by atoms with Gasteiger partial charge in [-0.1, -0.05) is 15.9 Å². The number of benzene rings is 1. The van der Waals surface area contributed by atoms with E-state index in [1.54, 1.807) is 0 Å². The summed E-state index contributed by atoms with van der Waals surface area (Å²) in [6.07, 6.45) is 2.32. The molecular formula is C13H16BrNO2. The quantitative estimate of drug-likeness (QED) is 0.913. The van der Waals surface area contributed by atoms with E-state index in [1.165, 1.54) is 5.56 Å². The Morgan fingerprint density at radius 2 is 1.82 bits per heavy atom. The molecule has 1 aromatic rings. The largest absolute Gasteiger partial charge is 0.449 e. The summed E-state index contributed by atoms with van der Waals surface area (Å²) >= 11 is 3.61. The van der Waals surface area contributed by atoms with Gasteiger partial charge in [-0.05, 0) is 30.5 Å². The second kappa shape index (κ2) is 3.39. The zero-order chi connectivity index (χ0) is 12.3. The Balaban J connectivity index is 2.05. The molecule has 0 aromatic heterocycles. The van der Waals surface area contributed by atoms with Gasteiger partial charge in [0.25, 0.3) is 0 Å². The summed E-state index contributed by atoms with van der Waals surface area (Å²) < 4.78 is 12.6. The monoisotopic (exact) mass is 297 g/mol. The number of halogens is 1. The van der Waals surface area contributed by atoms with Gasteiger partial charge in [0.2, 0.25) is 5.79 Å². The molecule has 17 heavy (non-hydrogen) atoms. The van der Waals surface area contributed by atoms with E-state index < -0.39 is 5.79 Å². The highest BCUT2D eigenvalue weighted by Crippen LogP contribution is 2.53.